The van der Waals surface area contributed by atoms with Gasteiger partial charge in [0.2, 0.25) is 0 Å². The van der Waals surface area contributed by atoms with Gasteiger partial charge in [-0.2, -0.15) is 0 Å². The van der Waals surface area contributed by atoms with E-state index in [0.29, 0.717) is 0 Å². The SMILES string of the molecule is CC(C)C(NC(=O)OCc1ccccc1)C(C(=O)OCc1ccccc1)C(=O)OCc1ccccc1. The van der Waals surface area contributed by atoms with Crippen LogP contribution in [0.5, 0.6) is 0 Å². The highest BCUT2D eigenvalue weighted by Gasteiger charge is 2.40. The molecule has 0 fully saturated rings. The highest BCUT2D eigenvalue weighted by Crippen LogP contribution is 2.19. The van der Waals surface area contributed by atoms with Crippen molar-refractivity contribution in [1.82, 2.24) is 5.32 Å². The molecule has 3 aromatic carbocycles. The Morgan fingerprint density at radius 2 is 0.972 bits per heavy atom. The number of rotatable bonds is 11. The Labute approximate surface area is 211 Å². The van der Waals surface area contributed by atoms with Crippen molar-refractivity contribution in [3.05, 3.63) is 108 Å². The van der Waals surface area contributed by atoms with Gasteiger partial charge in [0.05, 0.1) is 6.04 Å². The van der Waals surface area contributed by atoms with Crippen LogP contribution in [0.2, 0.25) is 0 Å². The van der Waals surface area contributed by atoms with E-state index in [0.717, 1.165) is 16.7 Å². The number of carbonyl (C=O) groups is 3. The van der Waals surface area contributed by atoms with Gasteiger partial charge in [0.15, 0.2) is 5.92 Å². The minimum atomic E-state index is -1.37. The molecule has 1 unspecified atom stereocenters. The largest absolute Gasteiger partial charge is 0.460 e. The second-order valence-electron chi connectivity index (χ2n) is 8.64. The standard InChI is InChI=1S/C29H31NO6/c1-21(2)26(30-29(33)36-20-24-16-10-5-11-17-24)25(27(31)34-18-22-12-6-3-7-13-22)28(32)35-19-23-14-8-4-9-15-23/h3-17,21,25-26H,18-20H2,1-2H3,(H,30,33). The molecule has 1 N–H and O–H groups in total. The van der Waals surface area contributed by atoms with E-state index in [2.05, 4.69) is 5.32 Å². The van der Waals surface area contributed by atoms with Gasteiger partial charge in [-0.05, 0) is 22.6 Å². The molecule has 0 aliphatic heterocycles. The van der Waals surface area contributed by atoms with Crippen LogP contribution in [0.3, 0.4) is 0 Å². The number of benzene rings is 3. The number of hydrogen-bond acceptors (Lipinski definition) is 6. The fourth-order valence-corrected chi connectivity index (χ4v) is 3.56. The second kappa shape index (κ2) is 13.7. The van der Waals surface area contributed by atoms with Crippen molar-refractivity contribution in [3.8, 4) is 0 Å². The molecule has 0 spiro atoms. The van der Waals surface area contributed by atoms with Crippen molar-refractivity contribution in [1.29, 1.82) is 0 Å². The first-order valence-corrected chi connectivity index (χ1v) is 11.8. The summed E-state index contributed by atoms with van der Waals surface area (Å²) in [6.07, 6.45) is -0.741. The third-order valence-corrected chi connectivity index (χ3v) is 5.53. The summed E-state index contributed by atoms with van der Waals surface area (Å²) < 4.78 is 16.3. The van der Waals surface area contributed by atoms with Crippen LogP contribution in [0.15, 0.2) is 91.0 Å². The summed E-state index contributed by atoms with van der Waals surface area (Å²) >= 11 is 0. The van der Waals surface area contributed by atoms with Gasteiger partial charge >= 0.3 is 18.0 Å². The molecule has 0 aromatic heterocycles. The van der Waals surface area contributed by atoms with E-state index in [-0.39, 0.29) is 25.7 Å². The maximum absolute atomic E-state index is 13.2. The zero-order chi connectivity index (χ0) is 25.8. The molecule has 7 nitrogen and oxygen atoms in total. The lowest BCUT2D eigenvalue weighted by atomic mass is 9.90. The fraction of sp³-hybridized carbons (Fsp3) is 0.276. The summed E-state index contributed by atoms with van der Waals surface area (Å²) in [5, 5.41) is 2.68. The molecule has 1 atom stereocenters. The predicted octanol–water partition coefficient (Wildman–Crippen LogP) is 5.04. The number of esters is 2. The van der Waals surface area contributed by atoms with Crippen LogP contribution < -0.4 is 5.32 Å². The van der Waals surface area contributed by atoms with Crippen LogP contribution in [0.1, 0.15) is 30.5 Å². The van der Waals surface area contributed by atoms with Gasteiger partial charge in [-0.3, -0.25) is 9.59 Å². The first-order chi connectivity index (χ1) is 17.4. The van der Waals surface area contributed by atoms with E-state index in [4.69, 9.17) is 14.2 Å². The molecular weight excluding hydrogens is 458 g/mol. The molecule has 0 bridgehead atoms. The molecule has 0 aliphatic rings. The third-order valence-electron chi connectivity index (χ3n) is 5.53. The first kappa shape index (κ1) is 26.5. The maximum Gasteiger partial charge on any atom is 0.407 e. The monoisotopic (exact) mass is 489 g/mol. The minimum absolute atomic E-state index is 0.00852. The lowest BCUT2D eigenvalue weighted by Gasteiger charge is -2.28. The zero-order valence-electron chi connectivity index (χ0n) is 20.5. The fourth-order valence-electron chi connectivity index (χ4n) is 3.56. The van der Waals surface area contributed by atoms with Crippen LogP contribution in [0.25, 0.3) is 0 Å². The molecule has 0 saturated carbocycles. The topological polar surface area (TPSA) is 90.9 Å². The van der Waals surface area contributed by atoms with Gasteiger partial charge < -0.3 is 19.5 Å². The highest BCUT2D eigenvalue weighted by molar-refractivity contribution is 5.96. The molecule has 188 valence electrons. The van der Waals surface area contributed by atoms with Gasteiger partial charge in [-0.1, -0.05) is 105 Å². The van der Waals surface area contributed by atoms with Crippen LogP contribution in [-0.4, -0.2) is 24.1 Å². The Morgan fingerprint density at radius 1 is 0.611 bits per heavy atom. The van der Waals surface area contributed by atoms with Gasteiger partial charge in [0, 0.05) is 0 Å². The van der Waals surface area contributed by atoms with E-state index in [1.54, 1.807) is 13.8 Å². The van der Waals surface area contributed by atoms with Gasteiger partial charge in [0.25, 0.3) is 0 Å². The quantitative estimate of drug-likeness (QED) is 0.231. The van der Waals surface area contributed by atoms with Crippen molar-refractivity contribution in [2.75, 3.05) is 0 Å². The van der Waals surface area contributed by atoms with E-state index >= 15 is 0 Å². The van der Waals surface area contributed by atoms with Crippen molar-refractivity contribution >= 4 is 18.0 Å². The summed E-state index contributed by atoms with van der Waals surface area (Å²) in [7, 11) is 0. The predicted molar refractivity (Wildman–Crippen MR) is 134 cm³/mol. The number of nitrogens with one attached hydrogen (secondary N) is 1. The van der Waals surface area contributed by atoms with Crippen molar-refractivity contribution in [3.63, 3.8) is 0 Å². The highest BCUT2D eigenvalue weighted by atomic mass is 16.6. The van der Waals surface area contributed by atoms with E-state index in [1.807, 2.05) is 91.0 Å². The van der Waals surface area contributed by atoms with E-state index < -0.39 is 30.0 Å². The summed E-state index contributed by atoms with van der Waals surface area (Å²) in [4.78, 5) is 38.9. The molecule has 0 saturated heterocycles. The Hall–Kier alpha value is -4.13. The van der Waals surface area contributed by atoms with Crippen LogP contribution in [-0.2, 0) is 43.6 Å². The molecule has 3 aromatic rings. The number of hydrogen-bond donors (Lipinski definition) is 1. The Bertz CT molecular complexity index is 1050. The van der Waals surface area contributed by atoms with Crippen LogP contribution in [0.4, 0.5) is 4.79 Å². The lowest BCUT2D eigenvalue weighted by Crippen LogP contribution is -2.50. The summed E-state index contributed by atoms with van der Waals surface area (Å²) in [6, 6.07) is 26.6. The number of alkyl carbamates (subject to hydrolysis) is 1. The van der Waals surface area contributed by atoms with Crippen LogP contribution in [0, 0.1) is 11.8 Å². The molecule has 7 heteroatoms. The average Bonchev–Trinajstić information content (AvgIpc) is 2.91. The first-order valence-electron chi connectivity index (χ1n) is 11.8. The Morgan fingerprint density at radius 3 is 1.33 bits per heavy atom. The van der Waals surface area contributed by atoms with Crippen molar-refractivity contribution < 1.29 is 28.6 Å². The second-order valence-corrected chi connectivity index (χ2v) is 8.64. The minimum Gasteiger partial charge on any atom is -0.460 e. The van der Waals surface area contributed by atoms with Gasteiger partial charge in [-0.25, -0.2) is 4.79 Å². The summed E-state index contributed by atoms with van der Waals surface area (Å²) in [5.41, 5.74) is 2.37. The van der Waals surface area contributed by atoms with Crippen molar-refractivity contribution in [2.45, 2.75) is 39.7 Å². The van der Waals surface area contributed by atoms with Gasteiger partial charge in [-0.15, -0.1) is 0 Å². The molecule has 0 radical (unpaired) electrons. The number of carbonyl (C=O) groups excluding carboxylic acids is 3. The van der Waals surface area contributed by atoms with Crippen molar-refractivity contribution in [2.24, 2.45) is 11.8 Å². The molecular formula is C29H31NO6. The van der Waals surface area contributed by atoms with Crippen LogP contribution >= 0.6 is 0 Å². The third kappa shape index (κ3) is 8.27. The molecule has 0 aliphatic carbocycles. The summed E-state index contributed by atoms with van der Waals surface area (Å²) in [6.45, 7) is 3.63. The maximum atomic E-state index is 13.2. The number of ether oxygens (including phenoxy) is 3. The smallest absolute Gasteiger partial charge is 0.407 e. The number of amides is 1. The van der Waals surface area contributed by atoms with E-state index in [9.17, 15) is 14.4 Å². The Kier molecular flexibility index (Phi) is 10.1. The average molecular weight is 490 g/mol. The molecule has 0 heterocycles. The lowest BCUT2D eigenvalue weighted by molar-refractivity contribution is -0.165. The van der Waals surface area contributed by atoms with Gasteiger partial charge in [0.1, 0.15) is 19.8 Å². The Balaban J connectivity index is 1.72. The normalized spacial score (nSPS) is 11.6. The molecule has 1 amide bonds. The molecule has 36 heavy (non-hydrogen) atoms. The zero-order valence-corrected chi connectivity index (χ0v) is 20.5. The molecule has 3 rings (SSSR count). The van der Waals surface area contributed by atoms with E-state index in [1.165, 1.54) is 0 Å². The summed E-state index contributed by atoms with van der Waals surface area (Å²) in [5.74, 6) is -3.23.